The smallest absolute Gasteiger partial charge is 0.254 e. The van der Waals surface area contributed by atoms with Crippen molar-refractivity contribution in [3.05, 3.63) is 58.5 Å². The van der Waals surface area contributed by atoms with E-state index in [0.29, 0.717) is 11.4 Å². The minimum atomic E-state index is 0.0524. The number of benzene rings is 1. The molecular formula is C20H21N5OS. The third-order valence-electron chi connectivity index (χ3n) is 4.83. The van der Waals surface area contributed by atoms with Gasteiger partial charge in [-0.25, -0.2) is 4.98 Å². The highest BCUT2D eigenvalue weighted by Crippen LogP contribution is 2.33. The molecule has 0 saturated carbocycles. The fourth-order valence-electron chi connectivity index (χ4n) is 3.43. The van der Waals surface area contributed by atoms with Gasteiger partial charge in [0.2, 0.25) is 0 Å². The van der Waals surface area contributed by atoms with Crippen LogP contribution < -0.4 is 5.32 Å². The summed E-state index contributed by atoms with van der Waals surface area (Å²) in [6.45, 7) is 0.768. The number of hydrogen-bond acceptors (Lipinski definition) is 6. The number of rotatable bonds is 4. The van der Waals surface area contributed by atoms with Crippen molar-refractivity contribution in [2.24, 2.45) is 0 Å². The number of piperidine rings is 1. The normalized spacial score (nSPS) is 16.9. The lowest BCUT2D eigenvalue weighted by atomic mass is 10.00. The molecule has 27 heavy (non-hydrogen) atoms. The van der Waals surface area contributed by atoms with E-state index < -0.39 is 0 Å². The molecule has 1 aromatic carbocycles. The number of nitrogens with zero attached hydrogens (tertiary/aromatic N) is 4. The van der Waals surface area contributed by atoms with Gasteiger partial charge in [0, 0.05) is 36.3 Å². The van der Waals surface area contributed by atoms with Gasteiger partial charge < -0.3 is 10.2 Å². The van der Waals surface area contributed by atoms with Crippen LogP contribution >= 0.6 is 11.3 Å². The zero-order chi connectivity index (χ0) is 18.6. The van der Waals surface area contributed by atoms with Crippen molar-refractivity contribution >= 4 is 23.1 Å². The Hall–Kier alpha value is -2.80. The number of nitrogens with one attached hydrogen (secondary N) is 1. The van der Waals surface area contributed by atoms with Crippen molar-refractivity contribution in [1.29, 1.82) is 0 Å². The van der Waals surface area contributed by atoms with Gasteiger partial charge in [0.1, 0.15) is 10.8 Å². The van der Waals surface area contributed by atoms with Crippen LogP contribution in [-0.2, 0) is 0 Å². The van der Waals surface area contributed by atoms with E-state index >= 15 is 0 Å². The summed E-state index contributed by atoms with van der Waals surface area (Å²) in [4.78, 5) is 19.7. The van der Waals surface area contributed by atoms with E-state index in [9.17, 15) is 4.79 Å². The predicted octanol–water partition coefficient (Wildman–Crippen LogP) is 4.01. The minimum Gasteiger partial charge on any atom is -0.372 e. The molecule has 138 valence electrons. The molecule has 6 nitrogen and oxygen atoms in total. The number of thiazole rings is 1. The summed E-state index contributed by atoms with van der Waals surface area (Å²) in [7, 11) is 1.81. The van der Waals surface area contributed by atoms with E-state index in [2.05, 4.69) is 20.5 Å². The maximum absolute atomic E-state index is 13.2. The predicted molar refractivity (Wildman–Crippen MR) is 107 cm³/mol. The zero-order valence-corrected chi connectivity index (χ0v) is 15.9. The Bertz CT molecular complexity index is 910. The molecule has 1 amide bonds. The van der Waals surface area contributed by atoms with E-state index in [-0.39, 0.29) is 11.9 Å². The maximum atomic E-state index is 13.2. The van der Waals surface area contributed by atoms with Gasteiger partial charge in [-0.15, -0.1) is 21.5 Å². The fourth-order valence-corrected chi connectivity index (χ4v) is 4.21. The number of carbonyl (C=O) groups excluding carboxylic acids is 1. The van der Waals surface area contributed by atoms with Crippen LogP contribution in [0.1, 0.15) is 40.7 Å². The van der Waals surface area contributed by atoms with Crippen LogP contribution in [0, 0.1) is 0 Å². The van der Waals surface area contributed by atoms with Crippen molar-refractivity contribution in [3.63, 3.8) is 0 Å². The van der Waals surface area contributed by atoms with E-state index in [1.54, 1.807) is 18.4 Å². The molecule has 1 fully saturated rings. The maximum Gasteiger partial charge on any atom is 0.254 e. The number of hydrogen-bond donors (Lipinski definition) is 1. The SMILES string of the molecule is CNc1ccc(-c2cccc(C(=O)N3CCCC[C@@H]3c3nccs3)c2)nn1. The second kappa shape index (κ2) is 7.84. The second-order valence-electron chi connectivity index (χ2n) is 6.52. The molecule has 1 atom stereocenters. The van der Waals surface area contributed by atoms with Crippen molar-refractivity contribution in [1.82, 2.24) is 20.1 Å². The Balaban J connectivity index is 1.61. The Morgan fingerprint density at radius 1 is 1.22 bits per heavy atom. The van der Waals surface area contributed by atoms with E-state index in [4.69, 9.17) is 0 Å². The van der Waals surface area contributed by atoms with Gasteiger partial charge in [-0.05, 0) is 43.5 Å². The summed E-state index contributed by atoms with van der Waals surface area (Å²) in [5.74, 6) is 0.766. The quantitative estimate of drug-likeness (QED) is 0.742. The molecule has 0 unspecified atom stereocenters. The molecule has 3 aromatic rings. The molecule has 0 radical (unpaired) electrons. The van der Waals surface area contributed by atoms with Gasteiger partial charge in [-0.3, -0.25) is 4.79 Å². The highest BCUT2D eigenvalue weighted by Gasteiger charge is 2.30. The van der Waals surface area contributed by atoms with E-state index in [1.807, 2.05) is 52.9 Å². The highest BCUT2D eigenvalue weighted by atomic mass is 32.1. The van der Waals surface area contributed by atoms with Crippen LogP contribution in [0.25, 0.3) is 11.3 Å². The van der Waals surface area contributed by atoms with Crippen molar-refractivity contribution in [2.75, 3.05) is 18.9 Å². The average molecular weight is 379 g/mol. The van der Waals surface area contributed by atoms with Crippen LogP contribution in [-0.4, -0.2) is 39.6 Å². The van der Waals surface area contributed by atoms with Crippen LogP contribution in [0.3, 0.4) is 0 Å². The van der Waals surface area contributed by atoms with Gasteiger partial charge in [0.05, 0.1) is 11.7 Å². The first-order valence-corrected chi connectivity index (χ1v) is 9.96. The van der Waals surface area contributed by atoms with Crippen molar-refractivity contribution < 1.29 is 4.79 Å². The molecule has 0 bridgehead atoms. The molecule has 1 N–H and O–H groups in total. The van der Waals surface area contributed by atoms with Gasteiger partial charge in [-0.1, -0.05) is 12.1 Å². The Kier molecular flexibility index (Phi) is 5.11. The largest absolute Gasteiger partial charge is 0.372 e. The van der Waals surface area contributed by atoms with Crippen LogP contribution in [0.5, 0.6) is 0 Å². The van der Waals surface area contributed by atoms with Crippen molar-refractivity contribution in [2.45, 2.75) is 25.3 Å². The Labute approximate surface area is 162 Å². The summed E-state index contributed by atoms with van der Waals surface area (Å²) in [5, 5.41) is 14.3. The van der Waals surface area contributed by atoms with Gasteiger partial charge in [0.15, 0.2) is 0 Å². The lowest BCUT2D eigenvalue weighted by Crippen LogP contribution is -2.38. The van der Waals surface area contributed by atoms with E-state index in [0.717, 1.165) is 42.1 Å². The fraction of sp³-hybridized carbons (Fsp3) is 0.300. The number of aromatic nitrogens is 3. The summed E-state index contributed by atoms with van der Waals surface area (Å²) in [5.41, 5.74) is 2.31. The number of carbonyl (C=O) groups is 1. The summed E-state index contributed by atoms with van der Waals surface area (Å²) >= 11 is 1.62. The molecule has 7 heteroatoms. The molecular weight excluding hydrogens is 358 g/mol. The average Bonchev–Trinajstić information content (AvgIpc) is 3.28. The molecule has 0 aliphatic carbocycles. The molecule has 2 aromatic heterocycles. The standard InChI is InChI=1S/C20H21N5OS/c1-21-18-9-8-16(23-24-18)14-5-4-6-15(13-14)20(26)25-11-3-2-7-17(25)19-22-10-12-27-19/h4-6,8-10,12-13,17H,2-3,7,11H2,1H3,(H,21,24)/t17-/m1/s1. The summed E-state index contributed by atoms with van der Waals surface area (Å²) in [6.07, 6.45) is 4.94. The summed E-state index contributed by atoms with van der Waals surface area (Å²) < 4.78 is 0. The lowest BCUT2D eigenvalue weighted by molar-refractivity contribution is 0.0611. The first-order chi connectivity index (χ1) is 13.3. The summed E-state index contributed by atoms with van der Waals surface area (Å²) in [6, 6.07) is 11.5. The highest BCUT2D eigenvalue weighted by molar-refractivity contribution is 7.09. The first-order valence-electron chi connectivity index (χ1n) is 9.08. The molecule has 1 saturated heterocycles. The van der Waals surface area contributed by atoms with Crippen molar-refractivity contribution in [3.8, 4) is 11.3 Å². The molecule has 1 aliphatic heterocycles. The second-order valence-corrected chi connectivity index (χ2v) is 7.44. The topological polar surface area (TPSA) is 71.0 Å². The minimum absolute atomic E-state index is 0.0524. The van der Waals surface area contributed by atoms with Crippen LogP contribution in [0.15, 0.2) is 48.0 Å². The molecule has 0 spiro atoms. The number of anilines is 1. The first kappa shape index (κ1) is 17.6. The monoisotopic (exact) mass is 379 g/mol. The van der Waals surface area contributed by atoms with Crippen LogP contribution in [0.4, 0.5) is 5.82 Å². The number of amides is 1. The Morgan fingerprint density at radius 3 is 2.89 bits per heavy atom. The third kappa shape index (κ3) is 3.68. The van der Waals surface area contributed by atoms with Crippen LogP contribution in [0.2, 0.25) is 0 Å². The Morgan fingerprint density at radius 2 is 2.15 bits per heavy atom. The molecule has 4 rings (SSSR count). The third-order valence-corrected chi connectivity index (χ3v) is 5.70. The van der Waals surface area contributed by atoms with E-state index in [1.165, 1.54) is 0 Å². The zero-order valence-electron chi connectivity index (χ0n) is 15.1. The van der Waals surface area contributed by atoms with Gasteiger partial charge in [0.25, 0.3) is 5.91 Å². The number of likely N-dealkylation sites (tertiary alicyclic amines) is 1. The molecule has 3 heterocycles. The van der Waals surface area contributed by atoms with Gasteiger partial charge >= 0.3 is 0 Å². The molecule has 1 aliphatic rings. The van der Waals surface area contributed by atoms with Gasteiger partial charge in [-0.2, -0.15) is 0 Å². The lowest BCUT2D eigenvalue weighted by Gasteiger charge is -2.34.